The van der Waals surface area contributed by atoms with Crippen LogP contribution in [0.25, 0.3) is 10.1 Å². The van der Waals surface area contributed by atoms with Crippen molar-refractivity contribution in [2.24, 2.45) is 0 Å². The number of rotatable bonds is 1. The van der Waals surface area contributed by atoms with Crippen LogP contribution < -0.4 is 0 Å². The van der Waals surface area contributed by atoms with Crippen LogP contribution in [0.15, 0.2) is 30.3 Å². The van der Waals surface area contributed by atoms with Crippen LogP contribution in [0.4, 0.5) is 0 Å². The average Bonchev–Trinajstić information content (AvgIpc) is 2.44. The Balaban J connectivity index is 2.87. The van der Waals surface area contributed by atoms with Crippen LogP contribution >= 0.6 is 11.3 Å². The molecule has 0 N–H and O–H groups in total. The first-order chi connectivity index (χ1) is 5.83. The van der Waals surface area contributed by atoms with Crippen LogP contribution in [0.3, 0.4) is 0 Å². The van der Waals surface area contributed by atoms with E-state index in [0.717, 1.165) is 16.4 Å². The Morgan fingerprint density at radius 1 is 1.45 bits per heavy atom. The predicted molar refractivity (Wildman–Crippen MR) is 47.2 cm³/mol. The number of benzene rings is 1. The van der Waals surface area contributed by atoms with Gasteiger partial charge in [-0.25, -0.2) is 0 Å². The molecule has 2 heteroatoms. The van der Waals surface area contributed by atoms with Crippen molar-refractivity contribution < 1.29 is 6.17 Å². The van der Waals surface area contributed by atoms with Crippen molar-refractivity contribution >= 4 is 27.7 Å². The second-order valence-corrected chi connectivity index (χ2v) is 3.29. The molecule has 0 bridgehead atoms. The van der Waals surface area contributed by atoms with Crippen LogP contribution in [-0.4, -0.2) is 6.29 Å². The van der Waals surface area contributed by atoms with Gasteiger partial charge < -0.3 is 0 Å². The van der Waals surface area contributed by atoms with E-state index >= 15 is 0 Å². The van der Waals surface area contributed by atoms with Crippen LogP contribution in [-0.2, 0) is 0 Å². The van der Waals surface area contributed by atoms with Gasteiger partial charge in [0, 0.05) is 4.70 Å². The largest absolute Gasteiger partial charge is 0.297 e. The van der Waals surface area contributed by atoms with E-state index in [1.54, 1.807) is 0 Å². The molecule has 0 radical (unpaired) electrons. The molecule has 0 saturated heterocycles. The summed E-state index contributed by atoms with van der Waals surface area (Å²) >= 11 is 1.37. The lowest BCUT2D eigenvalue weighted by Gasteiger charge is -1.82. The second kappa shape index (κ2) is 2.47. The van der Waals surface area contributed by atoms with Crippen LogP contribution in [0.1, 0.15) is 11.0 Å². The van der Waals surface area contributed by atoms with Gasteiger partial charge in [-0.3, -0.25) is 4.79 Å². The van der Waals surface area contributed by atoms with Crippen molar-refractivity contribution in [3.8, 4) is 0 Å². The summed E-state index contributed by atoms with van der Waals surface area (Å²) < 4.78 is 8.60. The van der Waals surface area contributed by atoms with Gasteiger partial charge in [0.2, 0.25) is 0 Å². The molecule has 0 aliphatic heterocycles. The minimum absolute atomic E-state index is 0.352. The molecule has 0 aliphatic carbocycles. The van der Waals surface area contributed by atoms with Crippen molar-refractivity contribution in [1.29, 1.82) is 0 Å². The van der Waals surface area contributed by atoms with E-state index in [4.69, 9.17) is 1.37 Å². The zero-order valence-corrected chi connectivity index (χ0v) is 6.52. The Hall–Kier alpha value is -1.15. The van der Waals surface area contributed by atoms with E-state index in [1.165, 1.54) is 11.3 Å². The van der Waals surface area contributed by atoms with E-state index in [9.17, 15) is 4.79 Å². The minimum atomic E-state index is 0.352. The number of thiophene rings is 1. The smallest absolute Gasteiger partial charge is 0.160 e. The molecule has 0 amide bonds. The molecule has 1 aromatic carbocycles. The van der Waals surface area contributed by atoms with Crippen molar-refractivity contribution in [3.63, 3.8) is 0 Å². The number of carbonyl (C=O) groups is 1. The summed E-state index contributed by atoms with van der Waals surface area (Å²) in [5, 5.41) is 0.865. The molecule has 0 fully saturated rings. The van der Waals surface area contributed by atoms with Gasteiger partial charge in [-0.1, -0.05) is 18.2 Å². The molecule has 1 heterocycles. The highest BCUT2D eigenvalue weighted by Crippen LogP contribution is 2.23. The maximum atomic E-state index is 10.5. The summed E-state index contributed by atoms with van der Waals surface area (Å²) in [5.74, 6) is 0. The third kappa shape index (κ3) is 1.05. The maximum absolute atomic E-state index is 10.5. The molecule has 0 atom stereocenters. The van der Waals surface area contributed by atoms with Crippen LogP contribution in [0, 0.1) is 0 Å². The van der Waals surface area contributed by atoms with Gasteiger partial charge in [0.05, 0.1) is 6.25 Å². The highest BCUT2D eigenvalue weighted by Gasteiger charge is 1.97. The lowest BCUT2D eigenvalue weighted by molar-refractivity contribution is 0.112. The second-order valence-electron chi connectivity index (χ2n) is 2.21. The SMILES string of the molecule is [2H]c1c(C=O)sc2ccccc12. The number of hydrogen-bond donors (Lipinski definition) is 0. The number of fused-ring (bicyclic) bond motifs is 1. The zero-order valence-electron chi connectivity index (χ0n) is 6.70. The van der Waals surface area contributed by atoms with Crippen molar-refractivity contribution in [1.82, 2.24) is 0 Å². The molecular formula is C9H6OS. The van der Waals surface area contributed by atoms with Gasteiger partial charge >= 0.3 is 0 Å². The standard InChI is InChI=1S/C9H6OS/c10-6-8-5-7-3-1-2-4-9(7)11-8/h1-6H/i5D. The number of hydrogen-bond acceptors (Lipinski definition) is 2. The number of aldehydes is 1. The first-order valence-corrected chi connectivity index (χ1v) is 4.08. The van der Waals surface area contributed by atoms with E-state index in [1.807, 2.05) is 24.3 Å². The summed E-state index contributed by atoms with van der Waals surface area (Å²) in [6, 6.07) is 7.92. The lowest BCUT2D eigenvalue weighted by Crippen LogP contribution is -1.62. The normalized spacial score (nSPS) is 11.5. The lowest BCUT2D eigenvalue weighted by atomic mass is 10.2. The summed E-state index contributed by atoms with van der Waals surface area (Å²) in [6.45, 7) is 0. The first kappa shape index (κ1) is 5.49. The van der Waals surface area contributed by atoms with Gasteiger partial charge in [0.1, 0.15) is 0 Å². The Kier molecular flexibility index (Phi) is 1.24. The quantitative estimate of drug-likeness (QED) is 0.591. The Bertz CT molecular complexity index is 433. The van der Waals surface area contributed by atoms with Gasteiger partial charge in [-0.15, -0.1) is 11.3 Å². The van der Waals surface area contributed by atoms with E-state index in [0.29, 0.717) is 10.9 Å². The molecule has 1 aromatic heterocycles. The Labute approximate surface area is 69.7 Å². The highest BCUT2D eigenvalue weighted by atomic mass is 32.1. The number of carbonyl (C=O) groups excluding carboxylic acids is 1. The average molecular weight is 163 g/mol. The van der Waals surface area contributed by atoms with Crippen molar-refractivity contribution in [2.75, 3.05) is 0 Å². The Morgan fingerprint density at radius 2 is 2.27 bits per heavy atom. The highest BCUT2D eigenvalue weighted by molar-refractivity contribution is 7.20. The molecule has 11 heavy (non-hydrogen) atoms. The zero-order chi connectivity index (χ0) is 8.55. The summed E-state index contributed by atoms with van der Waals surface area (Å²) in [6.07, 6.45) is 0.743. The molecular weight excluding hydrogens is 156 g/mol. The monoisotopic (exact) mass is 163 g/mol. The summed E-state index contributed by atoms with van der Waals surface area (Å²) in [5.41, 5.74) is 0. The van der Waals surface area contributed by atoms with Crippen molar-refractivity contribution in [3.05, 3.63) is 35.2 Å². The molecule has 54 valence electrons. The van der Waals surface area contributed by atoms with E-state index in [-0.39, 0.29) is 0 Å². The fourth-order valence-corrected chi connectivity index (χ4v) is 1.81. The van der Waals surface area contributed by atoms with Gasteiger partial charge in [0.25, 0.3) is 0 Å². The molecule has 1 nitrogen and oxygen atoms in total. The molecule has 0 unspecified atom stereocenters. The third-order valence-corrected chi connectivity index (χ3v) is 2.47. The van der Waals surface area contributed by atoms with E-state index < -0.39 is 0 Å². The fourth-order valence-electron chi connectivity index (χ4n) is 0.989. The summed E-state index contributed by atoms with van der Waals surface area (Å²) in [7, 11) is 0. The van der Waals surface area contributed by atoms with Gasteiger partial charge in [0.15, 0.2) is 6.29 Å². The molecule has 0 aliphatic rings. The van der Waals surface area contributed by atoms with Crippen molar-refractivity contribution in [2.45, 2.75) is 0 Å². The van der Waals surface area contributed by atoms with E-state index in [2.05, 4.69) is 0 Å². The Morgan fingerprint density at radius 3 is 3.00 bits per heavy atom. The predicted octanol–water partition coefficient (Wildman–Crippen LogP) is 2.71. The molecule has 0 spiro atoms. The topological polar surface area (TPSA) is 17.1 Å². The third-order valence-electron chi connectivity index (χ3n) is 1.47. The van der Waals surface area contributed by atoms with Crippen LogP contribution in [0.2, 0.25) is 0 Å². The van der Waals surface area contributed by atoms with Crippen LogP contribution in [0.5, 0.6) is 0 Å². The summed E-state index contributed by atoms with van der Waals surface area (Å²) in [4.78, 5) is 11.0. The minimum Gasteiger partial charge on any atom is -0.297 e. The molecule has 0 saturated carbocycles. The molecule has 2 aromatic rings. The fraction of sp³-hybridized carbons (Fsp3) is 0. The van der Waals surface area contributed by atoms with Gasteiger partial charge in [-0.05, 0) is 17.5 Å². The van der Waals surface area contributed by atoms with Gasteiger partial charge in [-0.2, -0.15) is 0 Å². The first-order valence-electron chi connectivity index (χ1n) is 3.76. The maximum Gasteiger partial charge on any atom is 0.160 e. The molecule has 2 rings (SSSR count).